The van der Waals surface area contributed by atoms with Crippen molar-refractivity contribution in [3.05, 3.63) is 35.2 Å². The van der Waals surface area contributed by atoms with Gasteiger partial charge in [-0.15, -0.1) is 11.3 Å². The highest BCUT2D eigenvalue weighted by Crippen LogP contribution is 2.49. The summed E-state index contributed by atoms with van der Waals surface area (Å²) in [6.45, 7) is 7.75. The number of nitrogens with zero attached hydrogens (tertiary/aromatic N) is 1. The van der Waals surface area contributed by atoms with Gasteiger partial charge in [-0.1, -0.05) is 18.2 Å². The predicted molar refractivity (Wildman–Crippen MR) is 114 cm³/mol. The Labute approximate surface area is 165 Å². The summed E-state index contributed by atoms with van der Waals surface area (Å²) < 4.78 is 6.71. The summed E-state index contributed by atoms with van der Waals surface area (Å²) in [4.78, 5) is 5.75. The number of aliphatic hydroxyl groups is 1. The van der Waals surface area contributed by atoms with Crippen molar-refractivity contribution in [2.75, 3.05) is 32.8 Å². The summed E-state index contributed by atoms with van der Waals surface area (Å²) in [5.41, 5.74) is 0.321. The molecule has 1 aliphatic carbocycles. The molecule has 1 atom stereocenters. The van der Waals surface area contributed by atoms with E-state index >= 15 is 0 Å². The fraction of sp³-hybridized carbons (Fsp3) is 0.571. The fourth-order valence-electron chi connectivity index (χ4n) is 3.15. The van der Waals surface area contributed by atoms with E-state index in [2.05, 4.69) is 35.8 Å². The van der Waals surface area contributed by atoms with Crippen LogP contribution >= 0.6 is 11.3 Å². The molecular formula is C21H31N3O2S. The molecule has 27 heavy (non-hydrogen) atoms. The van der Waals surface area contributed by atoms with Crippen molar-refractivity contribution >= 4 is 27.4 Å². The Morgan fingerprint density at radius 3 is 2.81 bits per heavy atom. The summed E-state index contributed by atoms with van der Waals surface area (Å²) in [6, 6.07) is 10.3. The van der Waals surface area contributed by atoms with Crippen LogP contribution in [0.2, 0.25) is 0 Å². The Bertz CT molecular complexity index is 722. The van der Waals surface area contributed by atoms with E-state index < -0.39 is 6.10 Å². The number of hydrogen-bond donors (Lipinski definition) is 3. The van der Waals surface area contributed by atoms with Crippen molar-refractivity contribution < 1.29 is 9.84 Å². The van der Waals surface area contributed by atoms with Gasteiger partial charge in [-0.3, -0.25) is 4.99 Å². The second-order valence-electron chi connectivity index (χ2n) is 7.23. The molecular weight excluding hydrogens is 358 g/mol. The summed E-state index contributed by atoms with van der Waals surface area (Å²) in [7, 11) is 0. The van der Waals surface area contributed by atoms with Crippen LogP contribution in [-0.2, 0) is 4.74 Å². The minimum Gasteiger partial charge on any atom is -0.386 e. The number of ether oxygens (including phenoxy) is 1. The van der Waals surface area contributed by atoms with Crippen molar-refractivity contribution in [2.24, 2.45) is 10.4 Å². The van der Waals surface area contributed by atoms with Gasteiger partial charge in [-0.25, -0.2) is 0 Å². The molecule has 1 heterocycles. The lowest BCUT2D eigenvalue weighted by atomic mass is 10.0. The maximum absolute atomic E-state index is 10.6. The first-order valence-electron chi connectivity index (χ1n) is 9.92. The van der Waals surface area contributed by atoms with Crippen LogP contribution in [0.25, 0.3) is 10.1 Å². The quantitative estimate of drug-likeness (QED) is 0.329. The molecule has 148 valence electrons. The van der Waals surface area contributed by atoms with Crippen molar-refractivity contribution in [1.29, 1.82) is 0 Å². The van der Waals surface area contributed by atoms with Crippen LogP contribution in [-0.4, -0.2) is 43.9 Å². The van der Waals surface area contributed by atoms with E-state index in [-0.39, 0.29) is 0 Å². The molecule has 1 fully saturated rings. The molecule has 0 saturated heterocycles. The summed E-state index contributed by atoms with van der Waals surface area (Å²) in [5, 5.41) is 18.3. The molecule has 1 aromatic carbocycles. The minimum absolute atomic E-state index is 0.321. The van der Waals surface area contributed by atoms with E-state index in [1.807, 2.05) is 19.1 Å². The van der Waals surface area contributed by atoms with Gasteiger partial charge in [0.25, 0.3) is 0 Å². The second kappa shape index (κ2) is 9.53. The Balaban J connectivity index is 1.54. The molecule has 0 bridgehead atoms. The topological polar surface area (TPSA) is 65.9 Å². The maximum atomic E-state index is 10.6. The van der Waals surface area contributed by atoms with Gasteiger partial charge in [0.1, 0.15) is 6.10 Å². The van der Waals surface area contributed by atoms with Crippen LogP contribution in [0.4, 0.5) is 0 Å². The average Bonchev–Trinajstić information content (AvgIpc) is 3.31. The molecule has 0 spiro atoms. The Morgan fingerprint density at radius 2 is 2.11 bits per heavy atom. The number of rotatable bonds is 10. The lowest BCUT2D eigenvalue weighted by Crippen LogP contribution is -2.39. The highest BCUT2D eigenvalue weighted by atomic mass is 32.1. The number of thiophene rings is 1. The van der Waals surface area contributed by atoms with Gasteiger partial charge in [0, 0.05) is 42.4 Å². The van der Waals surface area contributed by atoms with Gasteiger partial charge >= 0.3 is 0 Å². The SMILES string of the molecule is CCNC(=NCC1(CCOCC)CC1)NCC(O)c1cc2ccccc2s1. The minimum atomic E-state index is -0.543. The smallest absolute Gasteiger partial charge is 0.191 e. The highest BCUT2D eigenvalue weighted by Gasteiger charge is 2.41. The number of nitrogens with one attached hydrogen (secondary N) is 2. The van der Waals surface area contributed by atoms with Gasteiger partial charge in [-0.2, -0.15) is 0 Å². The van der Waals surface area contributed by atoms with Gasteiger partial charge in [0.05, 0.1) is 0 Å². The van der Waals surface area contributed by atoms with E-state index in [1.54, 1.807) is 11.3 Å². The van der Waals surface area contributed by atoms with E-state index in [1.165, 1.54) is 22.9 Å². The zero-order chi connectivity index (χ0) is 19.1. The first-order chi connectivity index (χ1) is 13.2. The zero-order valence-corrected chi connectivity index (χ0v) is 17.1. The van der Waals surface area contributed by atoms with Crippen LogP contribution in [0.15, 0.2) is 35.3 Å². The van der Waals surface area contributed by atoms with E-state index in [9.17, 15) is 5.11 Å². The molecule has 2 aromatic rings. The molecule has 5 nitrogen and oxygen atoms in total. The van der Waals surface area contributed by atoms with Crippen molar-refractivity contribution in [3.63, 3.8) is 0 Å². The Morgan fingerprint density at radius 1 is 1.30 bits per heavy atom. The molecule has 6 heteroatoms. The van der Waals surface area contributed by atoms with E-state index in [0.29, 0.717) is 12.0 Å². The van der Waals surface area contributed by atoms with E-state index in [0.717, 1.165) is 43.6 Å². The van der Waals surface area contributed by atoms with Crippen molar-refractivity contribution in [3.8, 4) is 0 Å². The lowest BCUT2D eigenvalue weighted by molar-refractivity contribution is 0.129. The van der Waals surface area contributed by atoms with Crippen LogP contribution in [0.3, 0.4) is 0 Å². The van der Waals surface area contributed by atoms with Gasteiger partial charge in [0.2, 0.25) is 0 Å². The monoisotopic (exact) mass is 389 g/mol. The fourth-order valence-corrected chi connectivity index (χ4v) is 4.20. The van der Waals surface area contributed by atoms with Crippen LogP contribution < -0.4 is 10.6 Å². The third kappa shape index (κ3) is 5.67. The summed E-state index contributed by atoms with van der Waals surface area (Å²) in [5.74, 6) is 0.778. The first kappa shape index (κ1) is 20.1. The third-order valence-corrected chi connectivity index (χ3v) is 6.31. The molecule has 1 aliphatic rings. The first-order valence-corrected chi connectivity index (χ1v) is 10.7. The predicted octanol–water partition coefficient (Wildman–Crippen LogP) is 3.70. The lowest BCUT2D eigenvalue weighted by Gasteiger charge is -2.17. The molecule has 0 radical (unpaired) electrons. The number of fused-ring (bicyclic) bond motifs is 1. The van der Waals surface area contributed by atoms with Crippen LogP contribution in [0.5, 0.6) is 0 Å². The molecule has 0 amide bonds. The molecule has 1 aromatic heterocycles. The number of benzene rings is 1. The number of aliphatic hydroxyl groups excluding tert-OH is 1. The Hall–Kier alpha value is -1.63. The van der Waals surface area contributed by atoms with Crippen LogP contribution in [0, 0.1) is 5.41 Å². The normalized spacial score (nSPS) is 17.1. The Kier molecular flexibility index (Phi) is 7.10. The zero-order valence-electron chi connectivity index (χ0n) is 16.3. The number of guanidine groups is 1. The van der Waals surface area contributed by atoms with Crippen molar-refractivity contribution in [1.82, 2.24) is 10.6 Å². The largest absolute Gasteiger partial charge is 0.386 e. The number of hydrogen-bond acceptors (Lipinski definition) is 4. The van der Waals surface area contributed by atoms with E-state index in [4.69, 9.17) is 9.73 Å². The highest BCUT2D eigenvalue weighted by molar-refractivity contribution is 7.19. The van der Waals surface area contributed by atoms with Gasteiger partial charge < -0.3 is 20.5 Å². The molecule has 3 rings (SSSR count). The average molecular weight is 390 g/mol. The molecule has 1 unspecified atom stereocenters. The van der Waals surface area contributed by atoms with Gasteiger partial charge in [-0.05, 0) is 56.0 Å². The summed E-state index contributed by atoms with van der Waals surface area (Å²) in [6.07, 6.45) is 2.99. The second-order valence-corrected chi connectivity index (χ2v) is 8.34. The maximum Gasteiger partial charge on any atom is 0.191 e. The summed E-state index contributed by atoms with van der Waals surface area (Å²) >= 11 is 1.65. The molecule has 3 N–H and O–H groups in total. The van der Waals surface area contributed by atoms with Crippen LogP contribution in [0.1, 0.15) is 44.1 Å². The molecule has 0 aliphatic heterocycles. The number of aliphatic imine (C=N–C) groups is 1. The van der Waals surface area contributed by atoms with Crippen molar-refractivity contribution in [2.45, 2.75) is 39.2 Å². The van der Waals surface area contributed by atoms with Gasteiger partial charge in [0.15, 0.2) is 5.96 Å². The third-order valence-electron chi connectivity index (χ3n) is 5.09. The molecule has 1 saturated carbocycles. The standard InChI is InChI=1S/C21H31N3O2S/c1-3-22-20(24-15-21(9-10-21)11-12-26-4-2)23-14-17(25)19-13-16-7-5-6-8-18(16)27-19/h5-8,13,17,25H,3-4,9-12,14-15H2,1-2H3,(H2,22,23,24).